The molecule has 24 heavy (non-hydrogen) atoms. The number of halogens is 3. The molecule has 0 atom stereocenters. The van der Waals surface area contributed by atoms with Crippen molar-refractivity contribution in [3.05, 3.63) is 48.5 Å². The lowest BCUT2D eigenvalue weighted by Gasteiger charge is -2.15. The molecule has 0 fully saturated rings. The van der Waals surface area contributed by atoms with Gasteiger partial charge in [-0.1, -0.05) is 12.1 Å². The molecular weight excluding hydrogens is 345 g/mol. The third kappa shape index (κ3) is 4.54. The van der Waals surface area contributed by atoms with Crippen molar-refractivity contribution in [2.45, 2.75) is 11.3 Å². The monoisotopic (exact) mass is 360 g/mol. The van der Waals surface area contributed by atoms with E-state index in [1.165, 1.54) is 24.3 Å². The lowest BCUT2D eigenvalue weighted by atomic mass is 10.3. The molecule has 0 amide bonds. The Labute approximate surface area is 137 Å². The highest BCUT2D eigenvalue weighted by molar-refractivity contribution is 7.92. The fourth-order valence-electron chi connectivity index (χ4n) is 1.92. The first-order valence-electron chi connectivity index (χ1n) is 6.73. The molecule has 2 aromatic carbocycles. The maximum absolute atomic E-state index is 12.4. The van der Waals surface area contributed by atoms with Crippen LogP contribution < -0.4 is 14.4 Å². The number of sulfonamides is 1. The molecule has 0 spiro atoms. The van der Waals surface area contributed by atoms with Crippen LogP contribution in [0, 0.1) is 0 Å². The second-order valence-electron chi connectivity index (χ2n) is 5.04. The number of ether oxygens (including phenoxy) is 1. The SMILES string of the molecule is CN(C)c1ccc(NS(=O)(=O)c2ccccc2OC(F)(F)F)cc1. The number of benzene rings is 2. The molecule has 0 radical (unpaired) electrons. The second-order valence-corrected chi connectivity index (χ2v) is 6.69. The summed E-state index contributed by atoms with van der Waals surface area (Å²) in [6.45, 7) is 0. The van der Waals surface area contributed by atoms with Gasteiger partial charge >= 0.3 is 6.36 Å². The predicted octanol–water partition coefficient (Wildman–Crippen LogP) is 3.45. The van der Waals surface area contributed by atoms with Crippen molar-refractivity contribution in [3.8, 4) is 5.75 Å². The van der Waals surface area contributed by atoms with Gasteiger partial charge in [0.1, 0.15) is 10.6 Å². The molecule has 0 saturated heterocycles. The quantitative estimate of drug-likeness (QED) is 0.887. The van der Waals surface area contributed by atoms with Crippen LogP contribution in [0.5, 0.6) is 5.75 Å². The summed E-state index contributed by atoms with van der Waals surface area (Å²) in [7, 11) is -0.591. The van der Waals surface area contributed by atoms with Crippen LogP contribution in [0.2, 0.25) is 0 Å². The number of anilines is 2. The van der Waals surface area contributed by atoms with E-state index >= 15 is 0 Å². The van der Waals surface area contributed by atoms with Crippen LogP contribution in [-0.2, 0) is 10.0 Å². The Morgan fingerprint density at radius 2 is 1.58 bits per heavy atom. The van der Waals surface area contributed by atoms with Crippen molar-refractivity contribution < 1.29 is 26.3 Å². The molecule has 0 aliphatic rings. The van der Waals surface area contributed by atoms with E-state index in [0.717, 1.165) is 17.8 Å². The number of alkyl halides is 3. The molecule has 0 unspecified atom stereocenters. The first-order chi connectivity index (χ1) is 11.1. The second kappa shape index (κ2) is 6.60. The molecule has 2 rings (SSSR count). The number of hydrogen-bond donors (Lipinski definition) is 1. The Balaban J connectivity index is 2.31. The Hall–Kier alpha value is -2.42. The van der Waals surface area contributed by atoms with E-state index in [0.29, 0.717) is 0 Å². The van der Waals surface area contributed by atoms with Crippen LogP contribution in [0.4, 0.5) is 24.5 Å². The average Bonchev–Trinajstić information content (AvgIpc) is 2.46. The maximum Gasteiger partial charge on any atom is 0.573 e. The minimum Gasteiger partial charge on any atom is -0.404 e. The van der Waals surface area contributed by atoms with Crippen LogP contribution in [0.15, 0.2) is 53.4 Å². The number of nitrogens with one attached hydrogen (secondary N) is 1. The highest BCUT2D eigenvalue weighted by Crippen LogP contribution is 2.30. The fourth-order valence-corrected chi connectivity index (χ4v) is 3.11. The van der Waals surface area contributed by atoms with E-state index in [1.807, 2.05) is 19.0 Å². The molecule has 2 aromatic rings. The molecule has 1 N–H and O–H groups in total. The Kier molecular flexibility index (Phi) is 4.93. The van der Waals surface area contributed by atoms with Crippen molar-refractivity contribution in [3.63, 3.8) is 0 Å². The van der Waals surface area contributed by atoms with Gasteiger partial charge in [-0.3, -0.25) is 4.72 Å². The van der Waals surface area contributed by atoms with Gasteiger partial charge in [0, 0.05) is 25.5 Å². The minimum atomic E-state index is -4.99. The summed E-state index contributed by atoms with van der Waals surface area (Å²) in [5, 5.41) is 0. The zero-order valence-corrected chi connectivity index (χ0v) is 13.6. The van der Waals surface area contributed by atoms with E-state index in [-0.39, 0.29) is 5.69 Å². The highest BCUT2D eigenvalue weighted by atomic mass is 32.2. The van der Waals surface area contributed by atoms with Crippen LogP contribution in [0.1, 0.15) is 0 Å². The molecule has 5 nitrogen and oxygen atoms in total. The van der Waals surface area contributed by atoms with Crippen LogP contribution in [-0.4, -0.2) is 28.9 Å². The molecule has 0 aromatic heterocycles. The number of rotatable bonds is 5. The Morgan fingerprint density at radius 3 is 2.12 bits per heavy atom. The van der Waals surface area contributed by atoms with Gasteiger partial charge in [0.2, 0.25) is 0 Å². The minimum absolute atomic E-state index is 0.224. The molecule has 0 bridgehead atoms. The molecule has 0 aliphatic heterocycles. The van der Waals surface area contributed by atoms with E-state index < -0.39 is 27.0 Å². The molecular formula is C15H15F3N2O3S. The van der Waals surface area contributed by atoms with Crippen molar-refractivity contribution >= 4 is 21.4 Å². The van der Waals surface area contributed by atoms with E-state index in [1.54, 1.807) is 12.1 Å². The van der Waals surface area contributed by atoms with Gasteiger partial charge < -0.3 is 9.64 Å². The summed E-state index contributed by atoms with van der Waals surface area (Å²) in [5.74, 6) is -0.789. The van der Waals surface area contributed by atoms with Gasteiger partial charge in [-0.2, -0.15) is 0 Å². The molecule has 0 aliphatic carbocycles. The van der Waals surface area contributed by atoms with E-state index in [9.17, 15) is 21.6 Å². The van der Waals surface area contributed by atoms with E-state index in [2.05, 4.69) is 9.46 Å². The van der Waals surface area contributed by atoms with Gasteiger partial charge in [0.25, 0.3) is 10.0 Å². The van der Waals surface area contributed by atoms with Gasteiger partial charge in [-0.15, -0.1) is 13.2 Å². The lowest BCUT2D eigenvalue weighted by Crippen LogP contribution is -2.20. The maximum atomic E-state index is 12.4. The zero-order valence-electron chi connectivity index (χ0n) is 12.8. The first-order valence-corrected chi connectivity index (χ1v) is 8.22. The molecule has 0 saturated carbocycles. The smallest absolute Gasteiger partial charge is 0.404 e. The predicted molar refractivity (Wildman–Crippen MR) is 84.7 cm³/mol. The van der Waals surface area contributed by atoms with Crippen LogP contribution in [0.25, 0.3) is 0 Å². The summed E-state index contributed by atoms with van der Waals surface area (Å²) in [6, 6.07) is 10.9. The highest BCUT2D eigenvalue weighted by Gasteiger charge is 2.34. The average molecular weight is 360 g/mol. The lowest BCUT2D eigenvalue weighted by molar-refractivity contribution is -0.275. The van der Waals surface area contributed by atoms with Crippen molar-refractivity contribution in [2.75, 3.05) is 23.7 Å². The zero-order chi connectivity index (χ0) is 18.0. The van der Waals surface area contributed by atoms with Gasteiger partial charge in [-0.05, 0) is 36.4 Å². The molecule has 9 heteroatoms. The fraction of sp³-hybridized carbons (Fsp3) is 0.200. The summed E-state index contributed by atoms with van der Waals surface area (Å²) >= 11 is 0. The van der Waals surface area contributed by atoms with Gasteiger partial charge in [-0.25, -0.2) is 8.42 Å². The Bertz CT molecular complexity index is 803. The summed E-state index contributed by atoms with van der Waals surface area (Å²) in [5.41, 5.74) is 1.07. The number of para-hydroxylation sites is 1. The topological polar surface area (TPSA) is 58.6 Å². The van der Waals surface area contributed by atoms with Crippen molar-refractivity contribution in [1.82, 2.24) is 0 Å². The third-order valence-corrected chi connectivity index (χ3v) is 4.42. The van der Waals surface area contributed by atoms with E-state index in [4.69, 9.17) is 0 Å². The summed E-state index contributed by atoms with van der Waals surface area (Å²) in [6.07, 6.45) is -4.99. The summed E-state index contributed by atoms with van der Waals surface area (Å²) < 4.78 is 68.0. The van der Waals surface area contributed by atoms with Crippen LogP contribution >= 0.6 is 0 Å². The van der Waals surface area contributed by atoms with Crippen molar-refractivity contribution in [2.24, 2.45) is 0 Å². The van der Waals surface area contributed by atoms with Gasteiger partial charge in [0.05, 0.1) is 0 Å². The molecule has 0 heterocycles. The summed E-state index contributed by atoms with van der Waals surface area (Å²) in [4.78, 5) is 1.23. The number of hydrogen-bond acceptors (Lipinski definition) is 4. The Morgan fingerprint density at radius 1 is 1.00 bits per heavy atom. The first kappa shape index (κ1) is 17.9. The third-order valence-electron chi connectivity index (χ3n) is 3.00. The molecule has 130 valence electrons. The standard InChI is InChI=1S/C15H15F3N2O3S/c1-20(2)12-9-7-11(8-10-12)19-24(21,22)14-6-4-3-5-13(14)23-15(16,17)18/h3-10,19H,1-2H3. The van der Waals surface area contributed by atoms with Crippen molar-refractivity contribution in [1.29, 1.82) is 0 Å². The van der Waals surface area contributed by atoms with Gasteiger partial charge in [0.15, 0.2) is 0 Å². The normalized spacial score (nSPS) is 11.9. The number of nitrogens with zero attached hydrogens (tertiary/aromatic N) is 1. The van der Waals surface area contributed by atoms with Crippen LogP contribution in [0.3, 0.4) is 0 Å². The largest absolute Gasteiger partial charge is 0.573 e.